The maximum Gasteiger partial charge on any atom is 0.142 e. The molecular weight excluding hydrogens is 374 g/mol. The molecule has 0 fully saturated rings. The van der Waals surface area contributed by atoms with E-state index in [-0.39, 0.29) is 5.75 Å². The minimum absolute atomic E-state index is 0.268. The second kappa shape index (κ2) is 6.30. The lowest BCUT2D eigenvalue weighted by Gasteiger charge is -2.12. The number of hydrogen-bond donors (Lipinski definition) is 2. The van der Waals surface area contributed by atoms with Gasteiger partial charge in [-0.15, -0.1) is 0 Å². The predicted molar refractivity (Wildman–Crippen MR) is 83.8 cm³/mol. The van der Waals surface area contributed by atoms with Gasteiger partial charge in [-0.05, 0) is 36.4 Å². The Kier molecular flexibility index (Phi) is 4.71. The molecule has 0 heterocycles. The second-order valence-corrected chi connectivity index (χ2v) is 5.80. The standard InChI is InChI=1S/C14H13Br2NO2/c1-19-14-5-3-11(16)7-12(14)17-8-9-6-10(15)2-4-13(9)18/h2-7,17-18H,8H2,1H3. The van der Waals surface area contributed by atoms with E-state index in [1.54, 1.807) is 19.2 Å². The number of benzene rings is 2. The first kappa shape index (κ1) is 14.2. The normalized spacial score (nSPS) is 10.3. The highest BCUT2D eigenvalue weighted by Gasteiger charge is 2.06. The van der Waals surface area contributed by atoms with Gasteiger partial charge in [-0.2, -0.15) is 0 Å². The van der Waals surface area contributed by atoms with Crippen LogP contribution in [-0.2, 0) is 6.54 Å². The minimum Gasteiger partial charge on any atom is -0.508 e. The van der Waals surface area contributed by atoms with Gasteiger partial charge in [0.1, 0.15) is 11.5 Å². The summed E-state index contributed by atoms with van der Waals surface area (Å²) in [6.45, 7) is 0.512. The van der Waals surface area contributed by atoms with Crippen molar-refractivity contribution in [2.45, 2.75) is 6.54 Å². The minimum atomic E-state index is 0.268. The fraction of sp³-hybridized carbons (Fsp3) is 0.143. The average molecular weight is 387 g/mol. The Morgan fingerprint density at radius 1 is 1.11 bits per heavy atom. The monoisotopic (exact) mass is 385 g/mol. The molecule has 2 N–H and O–H groups in total. The molecule has 0 saturated heterocycles. The van der Waals surface area contributed by atoms with Crippen LogP contribution in [0.1, 0.15) is 5.56 Å². The molecule has 0 aliphatic carbocycles. The molecule has 2 aromatic rings. The molecule has 0 bridgehead atoms. The fourth-order valence-corrected chi connectivity index (χ4v) is 2.47. The molecule has 5 heteroatoms. The summed E-state index contributed by atoms with van der Waals surface area (Å²) in [5.41, 5.74) is 1.69. The zero-order valence-corrected chi connectivity index (χ0v) is 13.5. The summed E-state index contributed by atoms with van der Waals surface area (Å²) in [5.74, 6) is 1.03. The molecule has 19 heavy (non-hydrogen) atoms. The average Bonchev–Trinajstić information content (AvgIpc) is 2.40. The van der Waals surface area contributed by atoms with Gasteiger partial charge in [0.15, 0.2) is 0 Å². The van der Waals surface area contributed by atoms with Gasteiger partial charge >= 0.3 is 0 Å². The molecule has 0 aliphatic rings. The molecule has 0 atom stereocenters. The van der Waals surface area contributed by atoms with Crippen molar-refractivity contribution in [1.82, 2.24) is 0 Å². The Morgan fingerprint density at radius 2 is 1.79 bits per heavy atom. The third kappa shape index (κ3) is 3.64. The van der Waals surface area contributed by atoms with Crippen molar-refractivity contribution in [3.63, 3.8) is 0 Å². The molecule has 100 valence electrons. The van der Waals surface area contributed by atoms with E-state index < -0.39 is 0 Å². The Balaban J connectivity index is 2.18. The van der Waals surface area contributed by atoms with Gasteiger partial charge in [0, 0.05) is 21.1 Å². The molecule has 2 rings (SSSR count). The smallest absolute Gasteiger partial charge is 0.142 e. The zero-order chi connectivity index (χ0) is 13.8. The lowest BCUT2D eigenvalue weighted by molar-refractivity contribution is 0.416. The number of rotatable bonds is 4. The largest absolute Gasteiger partial charge is 0.508 e. The highest BCUT2D eigenvalue weighted by molar-refractivity contribution is 9.10. The molecule has 0 unspecified atom stereocenters. The maximum atomic E-state index is 9.79. The Morgan fingerprint density at radius 3 is 2.53 bits per heavy atom. The quantitative estimate of drug-likeness (QED) is 0.810. The van der Waals surface area contributed by atoms with Gasteiger partial charge in [-0.1, -0.05) is 31.9 Å². The molecule has 0 radical (unpaired) electrons. The molecule has 0 saturated carbocycles. The number of anilines is 1. The second-order valence-electron chi connectivity index (χ2n) is 3.97. The van der Waals surface area contributed by atoms with Crippen molar-refractivity contribution in [3.8, 4) is 11.5 Å². The highest BCUT2D eigenvalue weighted by Crippen LogP contribution is 2.29. The molecule has 2 aromatic carbocycles. The number of phenolic OH excluding ortho intramolecular Hbond substituents is 1. The first-order valence-corrected chi connectivity index (χ1v) is 7.23. The number of nitrogens with one attached hydrogen (secondary N) is 1. The number of hydrogen-bond acceptors (Lipinski definition) is 3. The number of phenols is 1. The van der Waals surface area contributed by atoms with Crippen molar-refractivity contribution in [3.05, 3.63) is 50.9 Å². The van der Waals surface area contributed by atoms with Crippen molar-refractivity contribution >= 4 is 37.5 Å². The van der Waals surface area contributed by atoms with E-state index in [2.05, 4.69) is 37.2 Å². The van der Waals surface area contributed by atoms with Gasteiger partial charge in [-0.3, -0.25) is 0 Å². The van der Waals surface area contributed by atoms with Crippen LogP contribution in [0.4, 0.5) is 5.69 Å². The van der Waals surface area contributed by atoms with Crippen LogP contribution >= 0.6 is 31.9 Å². The highest BCUT2D eigenvalue weighted by atomic mass is 79.9. The van der Waals surface area contributed by atoms with Gasteiger partial charge in [0.25, 0.3) is 0 Å². The fourth-order valence-electron chi connectivity index (χ4n) is 1.70. The Labute approximate surface area is 128 Å². The van der Waals surface area contributed by atoms with Crippen LogP contribution in [0.5, 0.6) is 11.5 Å². The molecule has 0 amide bonds. The topological polar surface area (TPSA) is 41.5 Å². The van der Waals surface area contributed by atoms with Gasteiger partial charge in [-0.25, -0.2) is 0 Å². The summed E-state index contributed by atoms with van der Waals surface area (Å²) in [5, 5.41) is 13.0. The summed E-state index contributed by atoms with van der Waals surface area (Å²) >= 11 is 6.82. The van der Waals surface area contributed by atoms with Crippen molar-refractivity contribution in [1.29, 1.82) is 0 Å². The van der Waals surface area contributed by atoms with Crippen LogP contribution in [0, 0.1) is 0 Å². The summed E-state index contributed by atoms with van der Waals surface area (Å²) < 4.78 is 7.19. The van der Waals surface area contributed by atoms with Crippen molar-refractivity contribution in [2.24, 2.45) is 0 Å². The van der Waals surface area contributed by atoms with Crippen LogP contribution in [0.2, 0.25) is 0 Å². The number of ether oxygens (including phenoxy) is 1. The summed E-state index contributed by atoms with van der Waals surface area (Å²) in [6.07, 6.45) is 0. The van der Waals surface area contributed by atoms with Gasteiger partial charge < -0.3 is 15.2 Å². The van der Waals surface area contributed by atoms with Crippen LogP contribution < -0.4 is 10.1 Å². The van der Waals surface area contributed by atoms with E-state index in [4.69, 9.17) is 4.74 Å². The van der Waals surface area contributed by atoms with E-state index in [1.165, 1.54) is 0 Å². The zero-order valence-electron chi connectivity index (χ0n) is 10.3. The van der Waals surface area contributed by atoms with Crippen LogP contribution in [0.15, 0.2) is 45.3 Å². The molecular formula is C14H13Br2NO2. The number of methoxy groups -OCH3 is 1. The first-order chi connectivity index (χ1) is 9.10. The first-order valence-electron chi connectivity index (χ1n) is 5.65. The summed E-state index contributed by atoms with van der Waals surface area (Å²) in [6, 6.07) is 11.1. The van der Waals surface area contributed by atoms with Crippen LogP contribution in [0.25, 0.3) is 0 Å². The lowest BCUT2D eigenvalue weighted by Crippen LogP contribution is -2.01. The molecule has 3 nitrogen and oxygen atoms in total. The molecule has 0 aromatic heterocycles. The SMILES string of the molecule is COc1ccc(Br)cc1NCc1cc(Br)ccc1O. The van der Waals surface area contributed by atoms with Crippen LogP contribution in [0.3, 0.4) is 0 Å². The Bertz CT molecular complexity index is 588. The van der Waals surface area contributed by atoms with E-state index in [0.717, 1.165) is 25.9 Å². The summed E-state index contributed by atoms with van der Waals surface area (Å²) in [7, 11) is 1.63. The number of aromatic hydroxyl groups is 1. The third-order valence-corrected chi connectivity index (χ3v) is 3.66. The van der Waals surface area contributed by atoms with E-state index in [0.29, 0.717) is 6.54 Å². The van der Waals surface area contributed by atoms with Crippen LogP contribution in [-0.4, -0.2) is 12.2 Å². The van der Waals surface area contributed by atoms with E-state index >= 15 is 0 Å². The third-order valence-electron chi connectivity index (χ3n) is 2.67. The molecule has 0 spiro atoms. The number of halogens is 2. The van der Waals surface area contributed by atoms with Gasteiger partial charge in [0.05, 0.1) is 12.8 Å². The van der Waals surface area contributed by atoms with E-state index in [9.17, 15) is 5.11 Å². The lowest BCUT2D eigenvalue weighted by atomic mass is 10.2. The Hall–Kier alpha value is -1.20. The van der Waals surface area contributed by atoms with Crippen molar-refractivity contribution < 1.29 is 9.84 Å². The predicted octanol–water partition coefficient (Wildman–Crippen LogP) is 4.54. The summed E-state index contributed by atoms with van der Waals surface area (Å²) in [4.78, 5) is 0. The maximum absolute atomic E-state index is 9.79. The van der Waals surface area contributed by atoms with Crippen molar-refractivity contribution in [2.75, 3.05) is 12.4 Å². The van der Waals surface area contributed by atoms with Gasteiger partial charge in [0.2, 0.25) is 0 Å². The molecule has 0 aliphatic heterocycles. The van der Waals surface area contributed by atoms with E-state index in [1.807, 2.05) is 24.3 Å².